The Balaban J connectivity index is 1.97. The number of halogens is 1. The van der Waals surface area contributed by atoms with Gasteiger partial charge in [0, 0.05) is 0 Å². The van der Waals surface area contributed by atoms with Crippen LogP contribution in [0.25, 0.3) is 0 Å². The van der Waals surface area contributed by atoms with Gasteiger partial charge in [0.05, 0.1) is 0 Å². The van der Waals surface area contributed by atoms with Crippen LogP contribution in [-0.2, 0) is 0 Å². The van der Waals surface area contributed by atoms with Gasteiger partial charge in [0.15, 0.2) is 0 Å². The molecule has 2 saturated carbocycles. The first-order chi connectivity index (χ1) is 3.89. The maximum Gasteiger partial charge on any atom is 0.106 e. The Morgan fingerprint density at radius 3 is 1.88 bits per heavy atom. The molecule has 0 unspecified atom stereocenters. The third-order valence-corrected chi connectivity index (χ3v) is 2.55. The zero-order chi connectivity index (χ0) is 5.56. The smallest absolute Gasteiger partial charge is 0.106 e. The van der Waals surface area contributed by atoms with Crippen molar-refractivity contribution in [3.63, 3.8) is 0 Å². The maximum absolute atomic E-state index is 12.5. The molecule has 0 aliphatic heterocycles. The molecule has 0 nitrogen and oxygen atoms in total. The van der Waals surface area contributed by atoms with Crippen LogP contribution in [0.2, 0.25) is 0 Å². The minimum absolute atomic E-state index is 0.391. The third kappa shape index (κ3) is 0.503. The van der Waals surface area contributed by atoms with Crippen molar-refractivity contribution >= 4 is 0 Å². The second-order valence-electron chi connectivity index (χ2n) is 3.06. The molecule has 2 atom stereocenters. The number of alkyl halides is 1. The van der Waals surface area contributed by atoms with E-state index in [2.05, 4.69) is 0 Å². The second kappa shape index (κ2) is 1.46. The lowest BCUT2D eigenvalue weighted by atomic mass is 10.0. The van der Waals surface area contributed by atoms with Crippen LogP contribution in [0.5, 0.6) is 0 Å². The molecule has 0 saturated heterocycles. The van der Waals surface area contributed by atoms with Crippen molar-refractivity contribution in [2.75, 3.05) is 0 Å². The summed E-state index contributed by atoms with van der Waals surface area (Å²) >= 11 is 0. The molecule has 0 aromatic carbocycles. The van der Waals surface area contributed by atoms with Crippen LogP contribution in [0.1, 0.15) is 25.7 Å². The van der Waals surface area contributed by atoms with Gasteiger partial charge in [0.25, 0.3) is 0 Å². The van der Waals surface area contributed by atoms with Crippen molar-refractivity contribution in [2.24, 2.45) is 11.8 Å². The lowest BCUT2D eigenvalue weighted by molar-refractivity contribution is 0.431. The number of hydrogen-bond acceptors (Lipinski definition) is 0. The van der Waals surface area contributed by atoms with Gasteiger partial charge in [-0.3, -0.25) is 0 Å². The summed E-state index contributed by atoms with van der Waals surface area (Å²) in [7, 11) is 0. The van der Waals surface area contributed by atoms with Gasteiger partial charge in [0.2, 0.25) is 0 Å². The molecule has 2 aliphatic rings. The maximum atomic E-state index is 12.5. The van der Waals surface area contributed by atoms with Crippen LogP contribution in [0.4, 0.5) is 4.39 Å². The third-order valence-electron chi connectivity index (χ3n) is 2.55. The molecule has 0 bridgehead atoms. The molecular weight excluding hydrogens is 103 g/mol. The highest BCUT2D eigenvalue weighted by atomic mass is 19.1. The number of hydrogen-bond donors (Lipinski definition) is 0. The summed E-state index contributed by atoms with van der Waals surface area (Å²) in [6, 6.07) is 0. The van der Waals surface area contributed by atoms with Gasteiger partial charge >= 0.3 is 0 Å². The molecule has 8 heavy (non-hydrogen) atoms. The Morgan fingerprint density at radius 1 is 1.00 bits per heavy atom. The van der Waals surface area contributed by atoms with Crippen LogP contribution in [-0.4, -0.2) is 6.17 Å². The minimum atomic E-state index is -0.391. The fourth-order valence-corrected chi connectivity index (χ4v) is 1.90. The SMILES string of the molecule is FC1[C@@H]2CCCC[C@@H]12. The first-order valence-corrected chi connectivity index (χ1v) is 3.53. The van der Waals surface area contributed by atoms with Crippen LogP contribution in [0.15, 0.2) is 0 Å². The van der Waals surface area contributed by atoms with Crippen molar-refractivity contribution in [3.8, 4) is 0 Å². The zero-order valence-electron chi connectivity index (χ0n) is 4.94. The summed E-state index contributed by atoms with van der Waals surface area (Å²) in [6.45, 7) is 0. The van der Waals surface area contributed by atoms with Crippen LogP contribution in [0, 0.1) is 11.8 Å². The predicted octanol–water partition coefficient (Wildman–Crippen LogP) is 2.14. The summed E-state index contributed by atoms with van der Waals surface area (Å²) in [5.41, 5.74) is 0. The molecule has 0 N–H and O–H groups in total. The van der Waals surface area contributed by atoms with E-state index in [1.165, 1.54) is 25.7 Å². The largest absolute Gasteiger partial charge is 0.247 e. The molecule has 0 spiro atoms. The topological polar surface area (TPSA) is 0 Å². The molecule has 0 amide bonds. The summed E-state index contributed by atoms with van der Waals surface area (Å²) in [6.07, 6.45) is 4.51. The van der Waals surface area contributed by atoms with E-state index < -0.39 is 6.17 Å². The molecular formula is C7H11F. The summed E-state index contributed by atoms with van der Waals surface area (Å²) in [4.78, 5) is 0. The van der Waals surface area contributed by atoms with Gasteiger partial charge in [-0.1, -0.05) is 12.8 Å². The van der Waals surface area contributed by atoms with Crippen molar-refractivity contribution in [1.82, 2.24) is 0 Å². The molecule has 0 aromatic heterocycles. The summed E-state index contributed by atoms with van der Waals surface area (Å²) < 4.78 is 12.5. The van der Waals surface area contributed by atoms with Gasteiger partial charge in [-0.05, 0) is 24.7 Å². The molecule has 0 radical (unpaired) electrons. The quantitative estimate of drug-likeness (QED) is 0.452. The summed E-state index contributed by atoms with van der Waals surface area (Å²) in [5.74, 6) is 1.01. The average Bonchev–Trinajstić information content (AvgIpc) is 2.46. The van der Waals surface area contributed by atoms with Gasteiger partial charge in [-0.15, -0.1) is 0 Å². The highest BCUT2D eigenvalue weighted by Gasteiger charge is 2.51. The summed E-state index contributed by atoms with van der Waals surface area (Å²) in [5, 5.41) is 0. The van der Waals surface area contributed by atoms with E-state index in [-0.39, 0.29) is 0 Å². The fourth-order valence-electron chi connectivity index (χ4n) is 1.90. The Morgan fingerprint density at radius 2 is 1.50 bits per heavy atom. The molecule has 46 valence electrons. The molecule has 0 aromatic rings. The second-order valence-corrected chi connectivity index (χ2v) is 3.06. The Labute approximate surface area is 49.1 Å². The Hall–Kier alpha value is -0.0700. The molecule has 0 heterocycles. The Bertz CT molecular complexity index is 88.6. The van der Waals surface area contributed by atoms with E-state index in [9.17, 15) is 4.39 Å². The van der Waals surface area contributed by atoms with Crippen molar-refractivity contribution < 1.29 is 4.39 Å². The lowest BCUT2D eigenvalue weighted by Gasteiger charge is -2.03. The van der Waals surface area contributed by atoms with Crippen molar-refractivity contribution in [3.05, 3.63) is 0 Å². The van der Waals surface area contributed by atoms with Crippen molar-refractivity contribution in [2.45, 2.75) is 31.9 Å². The van der Waals surface area contributed by atoms with E-state index in [1.54, 1.807) is 0 Å². The molecule has 2 aliphatic carbocycles. The highest BCUT2D eigenvalue weighted by molar-refractivity contribution is 4.99. The van der Waals surface area contributed by atoms with Gasteiger partial charge in [-0.25, -0.2) is 4.39 Å². The highest BCUT2D eigenvalue weighted by Crippen LogP contribution is 2.51. The van der Waals surface area contributed by atoms with Gasteiger partial charge in [0.1, 0.15) is 6.17 Å². The fraction of sp³-hybridized carbons (Fsp3) is 1.00. The van der Waals surface area contributed by atoms with Gasteiger partial charge < -0.3 is 0 Å². The zero-order valence-corrected chi connectivity index (χ0v) is 4.94. The lowest BCUT2D eigenvalue weighted by Crippen LogP contribution is -1.91. The predicted molar refractivity (Wildman–Crippen MR) is 30.3 cm³/mol. The van der Waals surface area contributed by atoms with Gasteiger partial charge in [-0.2, -0.15) is 0 Å². The molecule has 2 rings (SSSR count). The van der Waals surface area contributed by atoms with E-state index in [1.807, 2.05) is 0 Å². The van der Waals surface area contributed by atoms with Crippen LogP contribution in [0.3, 0.4) is 0 Å². The monoisotopic (exact) mass is 114 g/mol. The molecule has 1 heteroatoms. The minimum Gasteiger partial charge on any atom is -0.247 e. The van der Waals surface area contributed by atoms with E-state index in [0.29, 0.717) is 11.8 Å². The average molecular weight is 114 g/mol. The van der Waals surface area contributed by atoms with E-state index >= 15 is 0 Å². The van der Waals surface area contributed by atoms with Crippen molar-refractivity contribution in [1.29, 1.82) is 0 Å². The standard InChI is InChI=1S/C7H11F/c8-7-5-3-1-2-4-6(5)7/h5-7H,1-4H2/t5-,6-/m1/s1. The molecule has 2 fully saturated rings. The van der Waals surface area contributed by atoms with E-state index in [0.717, 1.165) is 0 Å². The Kier molecular flexibility index (Phi) is 0.870. The van der Waals surface area contributed by atoms with Crippen LogP contribution < -0.4 is 0 Å². The first-order valence-electron chi connectivity index (χ1n) is 3.53. The normalized spacial score (nSPS) is 52.9. The number of fused-ring (bicyclic) bond motifs is 1. The van der Waals surface area contributed by atoms with E-state index in [4.69, 9.17) is 0 Å². The first kappa shape index (κ1) is 4.78. The number of rotatable bonds is 0. The van der Waals surface area contributed by atoms with Crippen LogP contribution >= 0.6 is 0 Å².